The molecular weight excluding hydrogens is 353 g/mol. The summed E-state index contributed by atoms with van der Waals surface area (Å²) >= 11 is 0. The lowest BCUT2D eigenvalue weighted by Crippen LogP contribution is -2.24. The molecule has 1 fully saturated rings. The number of benzene rings is 1. The third-order valence-corrected chi connectivity index (χ3v) is 6.24. The van der Waals surface area contributed by atoms with E-state index >= 15 is 0 Å². The average molecular weight is 381 g/mol. The van der Waals surface area contributed by atoms with Crippen LogP contribution in [-0.2, 0) is 17.6 Å². The SMILES string of the molecule is CCC(C)C(=O)Nc1nc2c(nc1C1CCCCC1)-c1ccc(F)cc1CC2. The Morgan fingerprint density at radius 3 is 2.75 bits per heavy atom. The largest absolute Gasteiger partial charge is 0.309 e. The van der Waals surface area contributed by atoms with Crippen molar-refractivity contribution >= 4 is 11.7 Å². The van der Waals surface area contributed by atoms with Crippen LogP contribution in [0.2, 0.25) is 0 Å². The minimum Gasteiger partial charge on any atom is -0.309 e. The summed E-state index contributed by atoms with van der Waals surface area (Å²) in [7, 11) is 0. The lowest BCUT2D eigenvalue weighted by molar-refractivity contribution is -0.119. The van der Waals surface area contributed by atoms with Crippen LogP contribution >= 0.6 is 0 Å². The fourth-order valence-corrected chi connectivity index (χ4v) is 4.30. The van der Waals surface area contributed by atoms with Crippen LogP contribution in [0.5, 0.6) is 0 Å². The molecule has 28 heavy (non-hydrogen) atoms. The first-order valence-electron chi connectivity index (χ1n) is 10.6. The van der Waals surface area contributed by atoms with Crippen molar-refractivity contribution in [1.82, 2.24) is 9.97 Å². The summed E-state index contributed by atoms with van der Waals surface area (Å²) < 4.78 is 13.7. The molecule has 0 aliphatic heterocycles. The molecule has 1 aromatic heterocycles. The number of fused-ring (bicyclic) bond motifs is 3. The lowest BCUT2D eigenvalue weighted by Gasteiger charge is -2.26. The van der Waals surface area contributed by atoms with Gasteiger partial charge < -0.3 is 5.32 Å². The van der Waals surface area contributed by atoms with Gasteiger partial charge in [-0.3, -0.25) is 4.79 Å². The van der Waals surface area contributed by atoms with Crippen molar-refractivity contribution in [1.29, 1.82) is 0 Å². The predicted octanol–water partition coefficient (Wildman–Crippen LogP) is 5.41. The Kier molecular flexibility index (Phi) is 5.42. The average Bonchev–Trinajstić information content (AvgIpc) is 2.72. The Bertz CT molecular complexity index is 890. The van der Waals surface area contributed by atoms with Crippen molar-refractivity contribution in [3.8, 4) is 11.3 Å². The fourth-order valence-electron chi connectivity index (χ4n) is 4.30. The summed E-state index contributed by atoms with van der Waals surface area (Å²) in [6, 6.07) is 4.92. The molecule has 2 aliphatic rings. The number of hydrogen-bond donors (Lipinski definition) is 1. The number of amides is 1. The number of nitrogens with one attached hydrogen (secondary N) is 1. The number of aryl methyl sites for hydroxylation is 2. The van der Waals surface area contributed by atoms with E-state index in [-0.39, 0.29) is 17.6 Å². The van der Waals surface area contributed by atoms with E-state index in [0.717, 1.165) is 60.3 Å². The summed E-state index contributed by atoms with van der Waals surface area (Å²) in [6.07, 6.45) is 8.04. The van der Waals surface area contributed by atoms with E-state index in [1.54, 1.807) is 6.07 Å². The topological polar surface area (TPSA) is 54.9 Å². The van der Waals surface area contributed by atoms with Crippen LogP contribution in [0.15, 0.2) is 18.2 Å². The minimum atomic E-state index is -0.208. The van der Waals surface area contributed by atoms with Gasteiger partial charge in [-0.05, 0) is 55.9 Å². The van der Waals surface area contributed by atoms with Gasteiger partial charge in [-0.15, -0.1) is 0 Å². The zero-order valence-corrected chi connectivity index (χ0v) is 16.7. The summed E-state index contributed by atoms with van der Waals surface area (Å²) in [4.78, 5) is 22.5. The number of aromatic nitrogens is 2. The fraction of sp³-hybridized carbons (Fsp3) is 0.522. The number of halogens is 1. The van der Waals surface area contributed by atoms with Crippen molar-refractivity contribution in [3.63, 3.8) is 0 Å². The van der Waals surface area contributed by atoms with Crippen molar-refractivity contribution < 1.29 is 9.18 Å². The van der Waals surface area contributed by atoms with Crippen LogP contribution in [0.3, 0.4) is 0 Å². The molecular formula is C23H28FN3O. The molecule has 0 radical (unpaired) electrons. The molecule has 5 heteroatoms. The summed E-state index contributed by atoms with van der Waals surface area (Å²) in [5.41, 5.74) is 4.65. The molecule has 0 spiro atoms. The van der Waals surface area contributed by atoms with Crippen LogP contribution in [0, 0.1) is 11.7 Å². The van der Waals surface area contributed by atoms with E-state index < -0.39 is 0 Å². The van der Waals surface area contributed by atoms with Crippen molar-refractivity contribution in [2.45, 2.75) is 71.1 Å². The van der Waals surface area contributed by atoms with E-state index in [1.165, 1.54) is 25.3 Å². The maximum absolute atomic E-state index is 13.7. The first kappa shape index (κ1) is 19.0. The highest BCUT2D eigenvalue weighted by Gasteiger charge is 2.27. The summed E-state index contributed by atoms with van der Waals surface area (Å²) in [5, 5.41) is 3.07. The molecule has 1 amide bonds. The second kappa shape index (κ2) is 7.98. The van der Waals surface area contributed by atoms with Crippen LogP contribution in [0.1, 0.15) is 75.2 Å². The van der Waals surface area contributed by atoms with Crippen LogP contribution in [-0.4, -0.2) is 15.9 Å². The second-order valence-corrected chi connectivity index (χ2v) is 8.19. The van der Waals surface area contributed by atoms with Gasteiger partial charge in [0.2, 0.25) is 5.91 Å². The van der Waals surface area contributed by atoms with Crippen molar-refractivity contribution in [2.75, 3.05) is 5.32 Å². The molecule has 1 saturated carbocycles. The maximum atomic E-state index is 13.7. The van der Waals surface area contributed by atoms with Gasteiger partial charge in [0.05, 0.1) is 17.1 Å². The van der Waals surface area contributed by atoms with E-state index in [4.69, 9.17) is 9.97 Å². The van der Waals surface area contributed by atoms with E-state index in [2.05, 4.69) is 5.32 Å². The third-order valence-electron chi connectivity index (χ3n) is 6.24. The standard InChI is InChI=1S/C23H28FN3O/c1-3-14(2)23(28)27-22-20(15-7-5-4-6-8-15)26-21-18-11-10-17(24)13-16(18)9-12-19(21)25-22/h10-11,13-15H,3-9,12H2,1-2H3,(H,25,27,28). The summed E-state index contributed by atoms with van der Waals surface area (Å²) in [5.74, 6) is 0.707. The monoisotopic (exact) mass is 381 g/mol. The highest BCUT2D eigenvalue weighted by Crippen LogP contribution is 2.39. The van der Waals surface area contributed by atoms with Gasteiger partial charge in [-0.25, -0.2) is 14.4 Å². The van der Waals surface area contributed by atoms with Crippen molar-refractivity contribution in [2.24, 2.45) is 5.92 Å². The molecule has 0 bridgehead atoms. The molecule has 2 aromatic rings. The number of carbonyl (C=O) groups is 1. The molecule has 1 unspecified atom stereocenters. The van der Waals surface area contributed by atoms with Gasteiger partial charge in [-0.1, -0.05) is 33.1 Å². The Labute approximate surface area is 166 Å². The second-order valence-electron chi connectivity index (χ2n) is 8.19. The molecule has 4 rings (SSSR count). The number of anilines is 1. The number of nitrogens with zero attached hydrogens (tertiary/aromatic N) is 2. The Morgan fingerprint density at radius 1 is 1.21 bits per heavy atom. The van der Waals surface area contributed by atoms with Gasteiger partial charge in [0.1, 0.15) is 5.82 Å². The predicted molar refractivity (Wildman–Crippen MR) is 109 cm³/mol. The number of hydrogen-bond acceptors (Lipinski definition) is 3. The zero-order valence-electron chi connectivity index (χ0n) is 16.7. The maximum Gasteiger partial charge on any atom is 0.228 e. The van der Waals surface area contributed by atoms with E-state index in [0.29, 0.717) is 11.7 Å². The van der Waals surface area contributed by atoms with Crippen LogP contribution < -0.4 is 5.32 Å². The van der Waals surface area contributed by atoms with Gasteiger partial charge in [-0.2, -0.15) is 0 Å². The first-order chi connectivity index (χ1) is 13.6. The normalized spacial score (nSPS) is 17.5. The third kappa shape index (κ3) is 3.67. The molecule has 0 saturated heterocycles. The summed E-state index contributed by atoms with van der Waals surface area (Å²) in [6.45, 7) is 3.95. The Balaban J connectivity index is 1.78. The Morgan fingerprint density at radius 2 is 2.00 bits per heavy atom. The molecule has 1 N–H and O–H groups in total. The zero-order chi connectivity index (χ0) is 19.7. The molecule has 4 nitrogen and oxygen atoms in total. The van der Waals surface area contributed by atoms with E-state index in [9.17, 15) is 9.18 Å². The minimum absolute atomic E-state index is 0.00656. The van der Waals surface area contributed by atoms with Gasteiger partial charge in [0.25, 0.3) is 0 Å². The van der Waals surface area contributed by atoms with E-state index in [1.807, 2.05) is 19.9 Å². The van der Waals surface area contributed by atoms with Gasteiger partial charge >= 0.3 is 0 Å². The highest BCUT2D eigenvalue weighted by atomic mass is 19.1. The van der Waals surface area contributed by atoms with Gasteiger partial charge in [0, 0.05) is 17.4 Å². The molecule has 1 heterocycles. The lowest BCUT2D eigenvalue weighted by atomic mass is 9.85. The molecule has 148 valence electrons. The number of carbonyl (C=O) groups excluding carboxylic acids is 1. The molecule has 1 atom stereocenters. The Hall–Kier alpha value is -2.30. The first-order valence-corrected chi connectivity index (χ1v) is 10.6. The smallest absolute Gasteiger partial charge is 0.228 e. The quantitative estimate of drug-likeness (QED) is 0.770. The number of rotatable bonds is 4. The molecule has 1 aromatic carbocycles. The van der Waals surface area contributed by atoms with Crippen molar-refractivity contribution in [3.05, 3.63) is 41.0 Å². The van der Waals surface area contributed by atoms with Gasteiger partial charge in [0.15, 0.2) is 5.82 Å². The van der Waals surface area contributed by atoms with Crippen LogP contribution in [0.25, 0.3) is 11.3 Å². The molecule has 2 aliphatic carbocycles. The van der Waals surface area contributed by atoms with Crippen LogP contribution in [0.4, 0.5) is 10.2 Å². The highest BCUT2D eigenvalue weighted by molar-refractivity contribution is 5.92.